The van der Waals surface area contributed by atoms with Crippen LogP contribution < -0.4 is 5.73 Å². The van der Waals surface area contributed by atoms with Gasteiger partial charge in [0.05, 0.1) is 5.69 Å². The monoisotopic (exact) mass is 714 g/mol. The molecule has 0 unspecified atom stereocenters. The van der Waals surface area contributed by atoms with Gasteiger partial charge in [0, 0.05) is 5.56 Å². The number of nitrogens with two attached hydrogens (primary N) is 1. The molecule has 0 atom stereocenters. The molecule has 0 spiro atoms. The molecule has 0 aliphatic rings. The second kappa shape index (κ2) is 14.2. The Hall–Kier alpha value is -7.29. The van der Waals surface area contributed by atoms with Crippen molar-refractivity contribution >= 4 is 54.6 Å². The molecule has 2 N–H and O–H groups in total. The maximum atomic E-state index is 6.70. The van der Waals surface area contributed by atoms with Crippen molar-refractivity contribution in [3.05, 3.63) is 223 Å². The summed E-state index contributed by atoms with van der Waals surface area (Å²) in [6.07, 6.45) is 0.799. The van der Waals surface area contributed by atoms with Crippen LogP contribution in [0.1, 0.15) is 16.7 Å². The lowest BCUT2D eigenvalue weighted by atomic mass is 9.83. The number of rotatable bonds is 7. The van der Waals surface area contributed by atoms with Gasteiger partial charge in [-0.3, -0.25) is 0 Å². The molecular weight excluding hydrogens is 677 g/mol. The highest BCUT2D eigenvalue weighted by Gasteiger charge is 2.20. The van der Waals surface area contributed by atoms with E-state index in [2.05, 4.69) is 188 Å². The summed E-state index contributed by atoms with van der Waals surface area (Å²) in [5.41, 5.74) is 18.1. The average Bonchev–Trinajstić information content (AvgIpc) is 3.26. The third kappa shape index (κ3) is 5.98. The maximum Gasteiger partial charge on any atom is 0.131 e. The van der Waals surface area contributed by atoms with Crippen molar-refractivity contribution in [2.75, 3.05) is 0 Å². The van der Waals surface area contributed by atoms with Crippen molar-refractivity contribution in [2.24, 2.45) is 10.7 Å². The van der Waals surface area contributed by atoms with Crippen molar-refractivity contribution in [1.29, 1.82) is 0 Å². The molecule has 10 rings (SSSR count). The van der Waals surface area contributed by atoms with Gasteiger partial charge >= 0.3 is 0 Å². The van der Waals surface area contributed by atoms with E-state index in [1.807, 2.05) is 18.2 Å². The van der Waals surface area contributed by atoms with Gasteiger partial charge < -0.3 is 5.73 Å². The standard InChI is InChI=1S/C54H38N2/c55-54(56-51-27-11-6-18-42(51)34-36-14-2-1-3-15-36)40-30-28-37(29-31-40)41-32-33-49-50(35-41)53(46-26-13-20-39-17-5-8-22-44(39)46)48-24-10-9-23-47(48)52(49)45-25-12-19-38-16-4-7-21-43(38)45/h1-33,35H,34H2,(H2,55,56). The van der Waals surface area contributed by atoms with E-state index in [-0.39, 0.29) is 0 Å². The van der Waals surface area contributed by atoms with Crippen LogP contribution in [0, 0.1) is 0 Å². The molecule has 2 heteroatoms. The van der Waals surface area contributed by atoms with Gasteiger partial charge in [-0.25, -0.2) is 4.99 Å². The molecule has 0 saturated carbocycles. The SMILES string of the molecule is NC(=Nc1ccccc1Cc1ccccc1)c1ccc(-c2ccc3c(-c4cccc5ccccc45)c4ccccc4c(-c4cccc5ccccc45)c3c2)cc1. The Morgan fingerprint density at radius 1 is 0.393 bits per heavy atom. The lowest BCUT2D eigenvalue weighted by Crippen LogP contribution is -2.12. The Labute approximate surface area is 326 Å². The number of hydrogen-bond acceptors (Lipinski definition) is 1. The van der Waals surface area contributed by atoms with Crippen molar-refractivity contribution in [3.8, 4) is 33.4 Å². The molecule has 264 valence electrons. The highest BCUT2D eigenvalue weighted by Crippen LogP contribution is 2.47. The molecule has 0 aromatic heterocycles. The third-order valence-electron chi connectivity index (χ3n) is 11.1. The second-order valence-electron chi connectivity index (χ2n) is 14.5. The van der Waals surface area contributed by atoms with Gasteiger partial charge in [0.2, 0.25) is 0 Å². The van der Waals surface area contributed by atoms with Gasteiger partial charge in [-0.2, -0.15) is 0 Å². The molecule has 0 bridgehead atoms. The number of hydrogen-bond donors (Lipinski definition) is 1. The molecule has 56 heavy (non-hydrogen) atoms. The Kier molecular flexibility index (Phi) is 8.42. The minimum Gasteiger partial charge on any atom is -0.383 e. The van der Waals surface area contributed by atoms with Crippen molar-refractivity contribution in [3.63, 3.8) is 0 Å². The summed E-state index contributed by atoms with van der Waals surface area (Å²) in [6.45, 7) is 0. The Bertz CT molecular complexity index is 3090. The van der Waals surface area contributed by atoms with E-state index in [0.29, 0.717) is 5.84 Å². The number of nitrogens with zero attached hydrogens (tertiary/aromatic N) is 1. The summed E-state index contributed by atoms with van der Waals surface area (Å²) >= 11 is 0. The van der Waals surface area contributed by atoms with Gasteiger partial charge in [0.25, 0.3) is 0 Å². The number of aliphatic imine (C=N–C) groups is 1. The van der Waals surface area contributed by atoms with Crippen molar-refractivity contribution < 1.29 is 0 Å². The zero-order valence-electron chi connectivity index (χ0n) is 30.9. The van der Waals surface area contributed by atoms with Crippen LogP contribution in [0.15, 0.2) is 211 Å². The minimum absolute atomic E-state index is 0.500. The zero-order valence-corrected chi connectivity index (χ0v) is 30.9. The van der Waals surface area contributed by atoms with Crippen molar-refractivity contribution in [2.45, 2.75) is 6.42 Å². The fourth-order valence-electron chi connectivity index (χ4n) is 8.44. The molecule has 10 aromatic rings. The van der Waals surface area contributed by atoms with Crippen LogP contribution >= 0.6 is 0 Å². The summed E-state index contributed by atoms with van der Waals surface area (Å²) in [4.78, 5) is 4.92. The maximum absolute atomic E-state index is 6.70. The first kappa shape index (κ1) is 33.3. The molecule has 2 nitrogen and oxygen atoms in total. The van der Waals surface area contributed by atoms with Crippen LogP contribution in [-0.4, -0.2) is 5.84 Å². The van der Waals surface area contributed by atoms with E-state index in [4.69, 9.17) is 10.7 Å². The zero-order chi connectivity index (χ0) is 37.4. The largest absolute Gasteiger partial charge is 0.383 e. The molecule has 0 heterocycles. The summed E-state index contributed by atoms with van der Waals surface area (Å²) in [5.74, 6) is 0.500. The smallest absolute Gasteiger partial charge is 0.131 e. The van der Waals surface area contributed by atoms with Crippen LogP contribution in [0.3, 0.4) is 0 Å². The van der Waals surface area contributed by atoms with Crippen LogP contribution in [0.25, 0.3) is 76.5 Å². The quantitative estimate of drug-likeness (QED) is 0.0996. The highest BCUT2D eigenvalue weighted by molar-refractivity contribution is 6.25. The van der Waals surface area contributed by atoms with E-state index in [1.165, 1.54) is 70.9 Å². The van der Waals surface area contributed by atoms with Gasteiger partial charge in [0.15, 0.2) is 0 Å². The van der Waals surface area contributed by atoms with Crippen LogP contribution in [0.4, 0.5) is 5.69 Å². The first-order valence-electron chi connectivity index (χ1n) is 19.2. The lowest BCUT2D eigenvalue weighted by Gasteiger charge is -2.20. The Morgan fingerprint density at radius 3 is 1.55 bits per heavy atom. The van der Waals surface area contributed by atoms with E-state index < -0.39 is 0 Å². The van der Waals surface area contributed by atoms with Gasteiger partial charge in [-0.15, -0.1) is 0 Å². The minimum atomic E-state index is 0.500. The van der Waals surface area contributed by atoms with Gasteiger partial charge in [0.1, 0.15) is 5.84 Å². The van der Waals surface area contributed by atoms with Gasteiger partial charge in [-0.1, -0.05) is 194 Å². The molecule has 0 aliphatic heterocycles. The summed E-state index contributed by atoms with van der Waals surface area (Å²) in [7, 11) is 0. The summed E-state index contributed by atoms with van der Waals surface area (Å²) in [5, 5.41) is 9.90. The molecule has 0 saturated heterocycles. The fourth-order valence-corrected chi connectivity index (χ4v) is 8.44. The predicted molar refractivity (Wildman–Crippen MR) is 239 cm³/mol. The topological polar surface area (TPSA) is 38.4 Å². The van der Waals surface area contributed by atoms with E-state index >= 15 is 0 Å². The first-order valence-corrected chi connectivity index (χ1v) is 19.2. The highest BCUT2D eigenvalue weighted by atomic mass is 14.9. The summed E-state index contributed by atoms with van der Waals surface area (Å²) in [6, 6.07) is 73.9. The van der Waals surface area contributed by atoms with Crippen LogP contribution in [0.2, 0.25) is 0 Å². The third-order valence-corrected chi connectivity index (χ3v) is 11.1. The first-order chi connectivity index (χ1) is 27.7. The number of amidine groups is 1. The normalized spacial score (nSPS) is 11.8. The fraction of sp³-hybridized carbons (Fsp3) is 0.0185. The number of para-hydroxylation sites is 1. The molecule has 0 amide bonds. The molecular formula is C54H38N2. The molecule has 0 fully saturated rings. The number of benzene rings is 10. The summed E-state index contributed by atoms with van der Waals surface area (Å²) < 4.78 is 0. The van der Waals surface area contributed by atoms with Crippen LogP contribution in [0.5, 0.6) is 0 Å². The van der Waals surface area contributed by atoms with Crippen molar-refractivity contribution in [1.82, 2.24) is 0 Å². The Morgan fingerprint density at radius 2 is 0.893 bits per heavy atom. The second-order valence-corrected chi connectivity index (χ2v) is 14.5. The van der Waals surface area contributed by atoms with E-state index in [9.17, 15) is 0 Å². The van der Waals surface area contributed by atoms with E-state index in [0.717, 1.165) is 34.4 Å². The average molecular weight is 715 g/mol. The van der Waals surface area contributed by atoms with Crippen LogP contribution in [-0.2, 0) is 6.42 Å². The number of fused-ring (bicyclic) bond motifs is 4. The predicted octanol–water partition coefficient (Wildman–Crippen LogP) is 13.9. The van der Waals surface area contributed by atoms with Gasteiger partial charge in [-0.05, 0) is 106 Å². The lowest BCUT2D eigenvalue weighted by molar-refractivity contribution is 1.18. The molecule has 0 radical (unpaired) electrons. The molecule has 10 aromatic carbocycles. The Balaban J connectivity index is 1.14. The molecule has 0 aliphatic carbocycles. The van der Waals surface area contributed by atoms with E-state index in [1.54, 1.807) is 0 Å².